The van der Waals surface area contributed by atoms with E-state index in [0.29, 0.717) is 16.6 Å². The summed E-state index contributed by atoms with van der Waals surface area (Å²) in [6, 6.07) is 25.2. The highest BCUT2D eigenvalue weighted by Gasteiger charge is 2.18. The van der Waals surface area contributed by atoms with Crippen molar-refractivity contribution in [3.63, 3.8) is 0 Å². The van der Waals surface area contributed by atoms with E-state index < -0.39 is 36.3 Å². The average Bonchev–Trinajstić information content (AvgIpc) is 3.44. The lowest BCUT2D eigenvalue weighted by atomic mass is 9.86. The number of benzene rings is 7. The molecule has 0 saturated heterocycles. The van der Waals surface area contributed by atoms with E-state index in [1.54, 1.807) is 4.57 Å². The molecule has 0 spiro atoms. The van der Waals surface area contributed by atoms with Crippen LogP contribution >= 0.6 is 0 Å². The molecule has 7 aromatic carbocycles. The van der Waals surface area contributed by atoms with Gasteiger partial charge in [-0.05, 0) is 74.1 Å². The summed E-state index contributed by atoms with van der Waals surface area (Å²) in [5, 5.41) is 4.79. The standard InChI is InChI=1S/C38H25N/c1-3-13-26(14-4-1)37-30-18-7-9-20-32(30)38(33-21-10-8-19-31(33)37)27-23-24-36-34(25-27)29-17-11-12-22-35(29)39(36)28-15-5-2-6-16-28/h1-25H/i1D,2D,3D,4D,5D,6D,13D,14D,15D,16D. The number of aromatic nitrogens is 1. The minimum atomic E-state index is -0.451. The van der Waals surface area contributed by atoms with Crippen molar-refractivity contribution in [3.8, 4) is 27.9 Å². The minimum Gasteiger partial charge on any atom is -0.309 e. The Morgan fingerprint density at radius 3 is 1.51 bits per heavy atom. The first-order valence-corrected chi connectivity index (χ1v) is 12.6. The Morgan fingerprint density at radius 1 is 0.410 bits per heavy atom. The summed E-state index contributed by atoms with van der Waals surface area (Å²) in [7, 11) is 0. The van der Waals surface area contributed by atoms with Gasteiger partial charge in [0.05, 0.1) is 24.7 Å². The Labute approximate surface area is 241 Å². The zero-order chi connectivity index (χ0) is 34.5. The van der Waals surface area contributed by atoms with Crippen molar-refractivity contribution in [2.75, 3.05) is 0 Å². The first-order valence-electron chi connectivity index (χ1n) is 17.6. The molecule has 8 rings (SSSR count). The quantitative estimate of drug-likeness (QED) is 0.210. The molecule has 0 aliphatic carbocycles. The molecule has 0 unspecified atom stereocenters. The second kappa shape index (κ2) is 8.72. The van der Waals surface area contributed by atoms with Crippen LogP contribution in [-0.2, 0) is 0 Å². The van der Waals surface area contributed by atoms with Crippen molar-refractivity contribution in [3.05, 3.63) is 151 Å². The van der Waals surface area contributed by atoms with E-state index in [9.17, 15) is 0 Å². The molecule has 0 aliphatic heterocycles. The maximum atomic E-state index is 8.81. The van der Waals surface area contributed by atoms with Crippen LogP contribution < -0.4 is 0 Å². The first-order chi connectivity index (χ1) is 23.5. The van der Waals surface area contributed by atoms with Crippen molar-refractivity contribution in [1.82, 2.24) is 4.57 Å². The minimum absolute atomic E-state index is 0.0730. The predicted octanol–water partition coefficient (Wildman–Crippen LogP) is 10.4. The maximum Gasteiger partial charge on any atom is 0.0645 e. The van der Waals surface area contributed by atoms with E-state index in [1.807, 2.05) is 91.0 Å². The predicted molar refractivity (Wildman–Crippen MR) is 167 cm³/mol. The van der Waals surface area contributed by atoms with Crippen molar-refractivity contribution < 1.29 is 13.7 Å². The topological polar surface area (TPSA) is 4.93 Å². The van der Waals surface area contributed by atoms with Crippen LogP contribution in [0.1, 0.15) is 13.7 Å². The molecular formula is C38H25N. The third kappa shape index (κ3) is 3.34. The Hall–Kier alpha value is -5.14. The Bertz CT molecular complexity index is 2620. The number of hydrogen-bond acceptors (Lipinski definition) is 0. The van der Waals surface area contributed by atoms with Crippen LogP contribution in [0, 0.1) is 0 Å². The fourth-order valence-electron chi connectivity index (χ4n) is 5.81. The molecule has 8 aromatic rings. The summed E-state index contributed by atoms with van der Waals surface area (Å²) >= 11 is 0. The molecule has 0 amide bonds. The number of para-hydroxylation sites is 2. The molecule has 1 nitrogen and oxygen atoms in total. The molecule has 0 aliphatic rings. The summed E-state index contributed by atoms with van der Waals surface area (Å²) in [4.78, 5) is 0. The van der Waals surface area contributed by atoms with Crippen LogP contribution in [0.5, 0.6) is 0 Å². The molecule has 182 valence electrons. The van der Waals surface area contributed by atoms with E-state index in [-0.39, 0.29) is 35.4 Å². The molecule has 0 fully saturated rings. The Balaban J connectivity index is 1.48. The molecule has 0 radical (unpaired) electrons. The zero-order valence-corrected chi connectivity index (χ0v) is 20.6. The van der Waals surface area contributed by atoms with Gasteiger partial charge in [-0.15, -0.1) is 0 Å². The molecule has 0 bridgehead atoms. The van der Waals surface area contributed by atoms with Gasteiger partial charge >= 0.3 is 0 Å². The van der Waals surface area contributed by atoms with E-state index in [2.05, 4.69) is 0 Å². The van der Waals surface area contributed by atoms with E-state index in [0.717, 1.165) is 43.4 Å². The van der Waals surface area contributed by atoms with Gasteiger partial charge in [0.15, 0.2) is 0 Å². The normalized spacial score (nSPS) is 15.2. The van der Waals surface area contributed by atoms with Crippen molar-refractivity contribution in [1.29, 1.82) is 0 Å². The lowest BCUT2D eigenvalue weighted by molar-refractivity contribution is 1.18. The third-order valence-corrected chi connectivity index (χ3v) is 7.35. The van der Waals surface area contributed by atoms with Crippen molar-refractivity contribution >= 4 is 43.4 Å². The maximum absolute atomic E-state index is 8.81. The molecule has 39 heavy (non-hydrogen) atoms. The van der Waals surface area contributed by atoms with Gasteiger partial charge in [0.25, 0.3) is 0 Å². The summed E-state index contributed by atoms with van der Waals surface area (Å²) < 4.78 is 86.5. The summed E-state index contributed by atoms with van der Waals surface area (Å²) in [6.07, 6.45) is 0. The lowest BCUT2D eigenvalue weighted by Crippen LogP contribution is -1.93. The van der Waals surface area contributed by atoms with Crippen LogP contribution in [0.2, 0.25) is 0 Å². The highest BCUT2D eigenvalue weighted by atomic mass is 15.0. The average molecular weight is 506 g/mol. The van der Waals surface area contributed by atoms with Gasteiger partial charge in [-0.3, -0.25) is 0 Å². The van der Waals surface area contributed by atoms with Crippen LogP contribution in [0.3, 0.4) is 0 Å². The molecule has 1 heteroatoms. The molecule has 1 aromatic heterocycles. The molecular weight excluding hydrogens is 470 g/mol. The molecule has 0 N–H and O–H groups in total. The van der Waals surface area contributed by atoms with E-state index in [1.165, 1.54) is 0 Å². The highest BCUT2D eigenvalue weighted by molar-refractivity contribution is 6.22. The van der Waals surface area contributed by atoms with Crippen molar-refractivity contribution in [2.24, 2.45) is 0 Å². The zero-order valence-electron chi connectivity index (χ0n) is 30.6. The molecule has 1 heterocycles. The van der Waals surface area contributed by atoms with Crippen LogP contribution in [0.15, 0.2) is 151 Å². The number of nitrogens with zero attached hydrogens (tertiary/aromatic N) is 1. The fraction of sp³-hybridized carbons (Fsp3) is 0. The first kappa shape index (κ1) is 14.1. The van der Waals surface area contributed by atoms with Gasteiger partial charge in [0.1, 0.15) is 0 Å². The third-order valence-electron chi connectivity index (χ3n) is 7.35. The summed E-state index contributed by atoms with van der Waals surface area (Å²) in [5.41, 5.74) is 3.89. The van der Waals surface area contributed by atoms with Gasteiger partial charge in [-0.2, -0.15) is 0 Å². The monoisotopic (exact) mass is 505 g/mol. The fourth-order valence-corrected chi connectivity index (χ4v) is 5.81. The smallest absolute Gasteiger partial charge is 0.0645 e. The second-order valence-electron chi connectivity index (χ2n) is 9.40. The summed E-state index contributed by atoms with van der Waals surface area (Å²) in [6.45, 7) is 0. The van der Waals surface area contributed by atoms with Crippen LogP contribution in [0.4, 0.5) is 0 Å². The van der Waals surface area contributed by atoms with E-state index in [4.69, 9.17) is 13.7 Å². The van der Waals surface area contributed by atoms with Gasteiger partial charge in [-0.25, -0.2) is 0 Å². The van der Waals surface area contributed by atoms with Crippen molar-refractivity contribution in [2.45, 2.75) is 0 Å². The molecule has 0 saturated carbocycles. The highest BCUT2D eigenvalue weighted by Crippen LogP contribution is 2.44. The van der Waals surface area contributed by atoms with Gasteiger partial charge in [0.2, 0.25) is 0 Å². The lowest BCUT2D eigenvalue weighted by Gasteiger charge is -2.18. The van der Waals surface area contributed by atoms with Gasteiger partial charge in [0, 0.05) is 16.5 Å². The Morgan fingerprint density at radius 2 is 0.897 bits per heavy atom. The summed E-state index contributed by atoms with van der Waals surface area (Å²) in [5.74, 6) is 0. The van der Waals surface area contributed by atoms with Gasteiger partial charge < -0.3 is 4.57 Å². The van der Waals surface area contributed by atoms with Crippen LogP contribution in [0.25, 0.3) is 71.3 Å². The van der Waals surface area contributed by atoms with E-state index >= 15 is 0 Å². The second-order valence-corrected chi connectivity index (χ2v) is 9.40. The Kier molecular flexibility index (Phi) is 3.16. The largest absolute Gasteiger partial charge is 0.309 e. The number of fused-ring (bicyclic) bond motifs is 5. The number of hydrogen-bond donors (Lipinski definition) is 0. The SMILES string of the molecule is [2H]c1c([2H])c([2H])c(-c2c3ccccc3c(-c3ccc4c(c3)c3ccccc3n4-c3c([2H])c([2H])c([2H])c([2H])c3[2H])c3ccccc23)c([2H])c1[2H]. The molecule has 0 atom stereocenters. The number of rotatable bonds is 3. The van der Waals surface area contributed by atoms with Gasteiger partial charge in [-0.1, -0.05) is 121 Å². The van der Waals surface area contributed by atoms with Crippen LogP contribution in [-0.4, -0.2) is 4.57 Å².